The van der Waals surface area contributed by atoms with Crippen molar-refractivity contribution in [1.29, 1.82) is 0 Å². The van der Waals surface area contributed by atoms with Crippen LogP contribution >= 0.6 is 0 Å². The van der Waals surface area contributed by atoms with Gasteiger partial charge in [-0.05, 0) is 12.1 Å². The van der Waals surface area contributed by atoms with E-state index < -0.39 is 5.91 Å². The van der Waals surface area contributed by atoms with Crippen LogP contribution in [0.1, 0.15) is 6.92 Å². The fraction of sp³-hybridized carbons (Fsp3) is 0.125. The summed E-state index contributed by atoms with van der Waals surface area (Å²) in [7, 11) is 0. The second-order valence-corrected chi connectivity index (χ2v) is 2.17. The van der Waals surface area contributed by atoms with Gasteiger partial charge in [0.15, 0.2) is 0 Å². The van der Waals surface area contributed by atoms with Gasteiger partial charge in [-0.2, -0.15) is 5.06 Å². The van der Waals surface area contributed by atoms with Crippen LogP contribution in [-0.4, -0.2) is 22.1 Å². The summed E-state index contributed by atoms with van der Waals surface area (Å²) in [4.78, 5) is 10.6. The van der Waals surface area contributed by atoms with Crippen LogP contribution in [0, 0.1) is 0 Å². The molecule has 5 nitrogen and oxygen atoms in total. The van der Waals surface area contributed by atoms with E-state index in [-0.39, 0.29) is 11.0 Å². The molecule has 0 saturated carbocycles. The van der Waals surface area contributed by atoms with Crippen LogP contribution in [0.4, 0.5) is 5.69 Å². The number of carbonyl (C=O) groups excluding carboxylic acids is 1. The van der Waals surface area contributed by atoms with E-state index in [1.807, 2.05) is 6.07 Å². The van der Waals surface area contributed by atoms with E-state index in [2.05, 4.69) is 0 Å². The Morgan fingerprint density at radius 1 is 1.23 bits per heavy atom. The maximum Gasteiger partial charge on any atom is 0.247 e. The van der Waals surface area contributed by atoms with Crippen LogP contribution < -0.4 is 5.06 Å². The van der Waals surface area contributed by atoms with Gasteiger partial charge in [-0.1, -0.05) is 18.2 Å². The maximum absolute atomic E-state index is 10.6. The van der Waals surface area contributed by atoms with Crippen molar-refractivity contribution in [3.8, 4) is 0 Å². The summed E-state index contributed by atoms with van der Waals surface area (Å²) in [5.41, 5.74) is 0.486. The number of anilines is 1. The predicted molar refractivity (Wildman–Crippen MR) is 48.6 cm³/mol. The molecular formula is C8H13NO4. The fourth-order valence-corrected chi connectivity index (χ4v) is 0.751. The second-order valence-electron chi connectivity index (χ2n) is 2.17. The molecule has 0 spiro atoms. The first kappa shape index (κ1) is 14.1. The van der Waals surface area contributed by atoms with Gasteiger partial charge in [0.25, 0.3) is 0 Å². The molecule has 0 bridgehead atoms. The molecule has 0 unspecified atom stereocenters. The third-order valence-electron chi connectivity index (χ3n) is 1.30. The molecule has 1 rings (SSSR count). The van der Waals surface area contributed by atoms with Crippen LogP contribution in [0.15, 0.2) is 30.3 Å². The molecular weight excluding hydrogens is 174 g/mol. The maximum atomic E-state index is 10.6. The number of hydroxylamine groups is 1. The van der Waals surface area contributed by atoms with E-state index in [0.29, 0.717) is 10.8 Å². The molecule has 0 aliphatic carbocycles. The van der Waals surface area contributed by atoms with Gasteiger partial charge in [-0.15, -0.1) is 0 Å². The molecule has 0 saturated heterocycles. The van der Waals surface area contributed by atoms with Gasteiger partial charge in [0.1, 0.15) is 0 Å². The summed E-state index contributed by atoms with van der Waals surface area (Å²) in [5, 5.41) is 9.69. The summed E-state index contributed by atoms with van der Waals surface area (Å²) < 4.78 is 0. The fourth-order valence-electron chi connectivity index (χ4n) is 0.751. The van der Waals surface area contributed by atoms with Crippen molar-refractivity contribution in [2.45, 2.75) is 6.92 Å². The highest BCUT2D eigenvalue weighted by Crippen LogP contribution is 2.09. The van der Waals surface area contributed by atoms with Crippen molar-refractivity contribution in [3.05, 3.63) is 30.3 Å². The number of hydrogen-bond acceptors (Lipinski definition) is 2. The Morgan fingerprint density at radius 2 is 1.69 bits per heavy atom. The number of rotatable bonds is 1. The summed E-state index contributed by atoms with van der Waals surface area (Å²) in [6.07, 6.45) is 0. The lowest BCUT2D eigenvalue weighted by molar-refractivity contribution is -0.121. The zero-order valence-electron chi connectivity index (χ0n) is 7.19. The number of para-hydroxylation sites is 1. The summed E-state index contributed by atoms with van der Waals surface area (Å²) >= 11 is 0. The first-order chi connectivity index (χ1) is 5.22. The van der Waals surface area contributed by atoms with Crippen LogP contribution in [-0.2, 0) is 4.79 Å². The minimum atomic E-state index is -0.392. The SMILES string of the molecule is CC(=O)N(O)c1ccccc1.O.O. The highest BCUT2D eigenvalue weighted by atomic mass is 16.5. The summed E-state index contributed by atoms with van der Waals surface area (Å²) in [6, 6.07) is 8.63. The third kappa shape index (κ3) is 3.66. The third-order valence-corrected chi connectivity index (χ3v) is 1.30. The first-order valence-corrected chi connectivity index (χ1v) is 3.26. The average molecular weight is 187 g/mol. The van der Waals surface area contributed by atoms with Gasteiger partial charge in [0, 0.05) is 6.92 Å². The highest BCUT2D eigenvalue weighted by molar-refractivity contribution is 5.88. The summed E-state index contributed by atoms with van der Waals surface area (Å²) in [6.45, 7) is 1.30. The van der Waals surface area contributed by atoms with Gasteiger partial charge in [-0.3, -0.25) is 10.0 Å². The van der Waals surface area contributed by atoms with Crippen molar-refractivity contribution < 1.29 is 21.0 Å². The Hall–Kier alpha value is -1.43. The Bertz CT molecular complexity index is 250. The average Bonchev–Trinajstić information content (AvgIpc) is 2.05. The molecule has 0 radical (unpaired) electrons. The minimum absolute atomic E-state index is 0. The van der Waals surface area contributed by atoms with Crippen LogP contribution in [0.3, 0.4) is 0 Å². The Kier molecular flexibility index (Phi) is 6.65. The number of benzene rings is 1. The highest BCUT2D eigenvalue weighted by Gasteiger charge is 2.04. The normalized spacial score (nSPS) is 7.85. The van der Waals surface area contributed by atoms with Crippen LogP contribution in [0.2, 0.25) is 0 Å². The van der Waals surface area contributed by atoms with Crippen LogP contribution in [0.5, 0.6) is 0 Å². The molecule has 1 amide bonds. The molecule has 1 aromatic rings. The molecule has 0 atom stereocenters. The molecule has 13 heavy (non-hydrogen) atoms. The molecule has 0 aromatic heterocycles. The number of amides is 1. The van der Waals surface area contributed by atoms with Crippen molar-refractivity contribution in [1.82, 2.24) is 0 Å². The van der Waals surface area contributed by atoms with E-state index in [1.54, 1.807) is 24.3 Å². The number of hydrogen-bond donors (Lipinski definition) is 1. The molecule has 5 N–H and O–H groups in total. The quantitative estimate of drug-likeness (QED) is 0.485. The molecule has 5 heteroatoms. The van der Waals surface area contributed by atoms with Gasteiger partial charge in [-0.25, -0.2) is 0 Å². The predicted octanol–water partition coefficient (Wildman–Crippen LogP) is -0.221. The van der Waals surface area contributed by atoms with Crippen molar-refractivity contribution in [3.63, 3.8) is 0 Å². The molecule has 74 valence electrons. The molecule has 0 aliphatic heterocycles. The Balaban J connectivity index is 0. The van der Waals surface area contributed by atoms with E-state index in [9.17, 15) is 4.79 Å². The lowest BCUT2D eigenvalue weighted by atomic mass is 10.3. The van der Waals surface area contributed by atoms with Gasteiger partial charge >= 0.3 is 0 Å². The smallest absolute Gasteiger partial charge is 0.247 e. The van der Waals surface area contributed by atoms with Gasteiger partial charge in [0.2, 0.25) is 5.91 Å². The minimum Gasteiger partial charge on any atom is -0.412 e. The van der Waals surface area contributed by atoms with Gasteiger partial charge < -0.3 is 11.0 Å². The Labute approximate surface area is 75.8 Å². The number of carbonyl (C=O) groups is 1. The monoisotopic (exact) mass is 187 g/mol. The van der Waals surface area contributed by atoms with Crippen molar-refractivity contribution >= 4 is 11.6 Å². The zero-order valence-corrected chi connectivity index (χ0v) is 7.19. The standard InChI is InChI=1S/C8H9NO2.2H2O/c1-7(10)9(11)8-5-3-2-4-6-8;;/h2-6,11H,1H3;2*1H2. The van der Waals surface area contributed by atoms with E-state index >= 15 is 0 Å². The van der Waals surface area contributed by atoms with Crippen molar-refractivity contribution in [2.75, 3.05) is 5.06 Å². The van der Waals surface area contributed by atoms with E-state index in [1.165, 1.54) is 6.92 Å². The van der Waals surface area contributed by atoms with E-state index in [0.717, 1.165) is 0 Å². The molecule has 0 aliphatic rings. The molecule has 1 aromatic carbocycles. The largest absolute Gasteiger partial charge is 0.412 e. The van der Waals surface area contributed by atoms with E-state index in [4.69, 9.17) is 5.21 Å². The Morgan fingerprint density at radius 3 is 2.08 bits per heavy atom. The first-order valence-electron chi connectivity index (χ1n) is 3.26. The number of nitrogens with zero attached hydrogens (tertiary/aromatic N) is 1. The lowest BCUT2D eigenvalue weighted by Crippen LogP contribution is -2.23. The molecule has 0 heterocycles. The van der Waals surface area contributed by atoms with Crippen LogP contribution in [0.25, 0.3) is 0 Å². The molecule has 0 fully saturated rings. The van der Waals surface area contributed by atoms with Gasteiger partial charge in [0.05, 0.1) is 5.69 Å². The summed E-state index contributed by atoms with van der Waals surface area (Å²) in [5.74, 6) is -0.392. The topological polar surface area (TPSA) is 104 Å². The zero-order chi connectivity index (χ0) is 8.27. The van der Waals surface area contributed by atoms with Crippen molar-refractivity contribution in [2.24, 2.45) is 0 Å². The second kappa shape index (κ2) is 6.13. The lowest BCUT2D eigenvalue weighted by Gasteiger charge is -2.11.